The van der Waals surface area contributed by atoms with Gasteiger partial charge < -0.3 is 25.4 Å². The molecule has 32 heavy (non-hydrogen) atoms. The molecule has 0 aliphatic rings. The highest BCUT2D eigenvalue weighted by atomic mass is 35.5. The summed E-state index contributed by atoms with van der Waals surface area (Å²) in [4.78, 5) is 21.2. The van der Waals surface area contributed by atoms with Gasteiger partial charge in [0.15, 0.2) is 0 Å². The maximum Gasteiger partial charge on any atom is 0.323 e. The van der Waals surface area contributed by atoms with Crippen LogP contribution in [-0.2, 0) is 0 Å². The van der Waals surface area contributed by atoms with Crippen LogP contribution in [-0.4, -0.2) is 30.2 Å². The average Bonchev–Trinajstić information content (AvgIpc) is 2.81. The number of hydrogen-bond donors (Lipinski definition) is 3. The van der Waals surface area contributed by atoms with E-state index in [0.717, 1.165) is 11.1 Å². The molecule has 0 fully saturated rings. The number of halogens is 1. The van der Waals surface area contributed by atoms with Crippen molar-refractivity contribution in [3.63, 3.8) is 0 Å². The van der Waals surface area contributed by atoms with E-state index in [9.17, 15) is 4.79 Å². The van der Waals surface area contributed by atoms with Crippen LogP contribution in [0.4, 0.5) is 27.7 Å². The van der Waals surface area contributed by atoms with Crippen LogP contribution in [0.2, 0.25) is 5.02 Å². The van der Waals surface area contributed by atoms with E-state index in [4.69, 9.17) is 21.1 Å². The predicted molar refractivity (Wildman–Crippen MR) is 126 cm³/mol. The van der Waals surface area contributed by atoms with E-state index in [1.165, 1.54) is 6.33 Å². The van der Waals surface area contributed by atoms with Crippen molar-refractivity contribution in [2.24, 2.45) is 0 Å². The molecule has 0 aliphatic carbocycles. The van der Waals surface area contributed by atoms with Gasteiger partial charge in [-0.2, -0.15) is 0 Å². The van der Waals surface area contributed by atoms with Crippen LogP contribution in [0.5, 0.6) is 11.5 Å². The molecule has 3 N–H and O–H groups in total. The molecule has 9 heteroatoms. The Morgan fingerprint density at radius 2 is 1.56 bits per heavy atom. The van der Waals surface area contributed by atoms with E-state index < -0.39 is 6.03 Å². The number of ether oxygens (including phenoxy) is 2. The van der Waals surface area contributed by atoms with Gasteiger partial charge in [-0.1, -0.05) is 29.8 Å². The zero-order valence-electron chi connectivity index (χ0n) is 17.3. The molecule has 0 saturated heterocycles. The zero-order chi connectivity index (χ0) is 22.5. The van der Waals surface area contributed by atoms with Crippen LogP contribution in [0, 0.1) is 0 Å². The fourth-order valence-electron chi connectivity index (χ4n) is 3.14. The second kappa shape index (κ2) is 9.40. The van der Waals surface area contributed by atoms with E-state index in [0.29, 0.717) is 39.2 Å². The van der Waals surface area contributed by atoms with Crippen molar-refractivity contribution in [1.29, 1.82) is 0 Å². The van der Waals surface area contributed by atoms with E-state index >= 15 is 0 Å². The maximum absolute atomic E-state index is 12.5. The number of benzene rings is 3. The van der Waals surface area contributed by atoms with Crippen molar-refractivity contribution in [1.82, 2.24) is 9.97 Å². The van der Waals surface area contributed by atoms with Gasteiger partial charge in [-0.15, -0.1) is 0 Å². The van der Waals surface area contributed by atoms with Crippen molar-refractivity contribution in [2.75, 3.05) is 30.2 Å². The Kier molecular flexibility index (Phi) is 6.23. The molecule has 2 amide bonds. The van der Waals surface area contributed by atoms with Gasteiger partial charge >= 0.3 is 6.03 Å². The Labute approximate surface area is 189 Å². The van der Waals surface area contributed by atoms with Crippen molar-refractivity contribution in [3.8, 4) is 11.5 Å². The van der Waals surface area contributed by atoms with Crippen LogP contribution in [0.1, 0.15) is 0 Å². The lowest BCUT2D eigenvalue weighted by atomic mass is 10.2. The molecule has 0 aliphatic heterocycles. The van der Waals surface area contributed by atoms with Crippen LogP contribution in [0.3, 0.4) is 0 Å². The third kappa shape index (κ3) is 4.65. The summed E-state index contributed by atoms with van der Waals surface area (Å²) in [6.07, 6.45) is 1.43. The summed E-state index contributed by atoms with van der Waals surface area (Å²) >= 11 is 6.12. The SMILES string of the molecule is COc1cc(Nc2ncnc3c(NC(=O)Nc4ccccc4Cl)cccc23)cc(OC)c1. The highest BCUT2D eigenvalue weighted by Crippen LogP contribution is 2.31. The van der Waals surface area contributed by atoms with E-state index in [1.807, 2.05) is 24.3 Å². The third-order valence-electron chi connectivity index (χ3n) is 4.65. The molecule has 0 radical (unpaired) electrons. The van der Waals surface area contributed by atoms with Gasteiger partial charge in [0, 0.05) is 29.3 Å². The van der Waals surface area contributed by atoms with E-state index in [-0.39, 0.29) is 0 Å². The van der Waals surface area contributed by atoms with Crippen molar-refractivity contribution in [2.45, 2.75) is 0 Å². The molecule has 0 spiro atoms. The first-order valence-corrected chi connectivity index (χ1v) is 10.0. The highest BCUT2D eigenvalue weighted by molar-refractivity contribution is 6.33. The minimum absolute atomic E-state index is 0.434. The topological polar surface area (TPSA) is 97.4 Å². The molecule has 0 atom stereocenters. The summed E-state index contributed by atoms with van der Waals surface area (Å²) in [5.74, 6) is 1.85. The molecule has 4 aromatic rings. The number of methoxy groups -OCH3 is 2. The number of fused-ring (bicyclic) bond motifs is 1. The fourth-order valence-corrected chi connectivity index (χ4v) is 3.33. The molecule has 1 aromatic heterocycles. The number of nitrogens with zero attached hydrogens (tertiary/aromatic N) is 2. The number of amides is 2. The number of nitrogens with one attached hydrogen (secondary N) is 3. The van der Waals surface area contributed by atoms with E-state index in [1.54, 1.807) is 50.6 Å². The van der Waals surface area contributed by atoms with Gasteiger partial charge in [0.1, 0.15) is 23.6 Å². The first-order chi connectivity index (χ1) is 15.6. The second-order valence-electron chi connectivity index (χ2n) is 6.71. The Morgan fingerprint density at radius 3 is 2.28 bits per heavy atom. The second-order valence-corrected chi connectivity index (χ2v) is 7.12. The minimum Gasteiger partial charge on any atom is -0.497 e. The van der Waals surface area contributed by atoms with Gasteiger partial charge in [0.05, 0.1) is 36.1 Å². The summed E-state index contributed by atoms with van der Waals surface area (Å²) in [7, 11) is 3.18. The van der Waals surface area contributed by atoms with Gasteiger partial charge in [-0.25, -0.2) is 14.8 Å². The Balaban J connectivity index is 1.62. The third-order valence-corrected chi connectivity index (χ3v) is 4.98. The molecule has 0 unspecified atom stereocenters. The highest BCUT2D eigenvalue weighted by Gasteiger charge is 2.12. The normalized spacial score (nSPS) is 10.5. The van der Waals surface area contributed by atoms with Crippen LogP contribution in [0.25, 0.3) is 10.9 Å². The first-order valence-electron chi connectivity index (χ1n) is 9.63. The number of urea groups is 1. The van der Waals surface area contributed by atoms with E-state index in [2.05, 4.69) is 25.9 Å². The molecule has 0 saturated carbocycles. The van der Waals surface area contributed by atoms with Crippen molar-refractivity contribution >= 4 is 51.4 Å². The number of carbonyl (C=O) groups excluding carboxylic acids is 1. The molecule has 4 rings (SSSR count). The summed E-state index contributed by atoms with van der Waals surface area (Å²) in [5.41, 5.74) is 2.35. The zero-order valence-corrected chi connectivity index (χ0v) is 18.1. The summed E-state index contributed by atoms with van der Waals surface area (Å²) in [5, 5.41) is 10.00. The molecule has 8 nitrogen and oxygen atoms in total. The molecular formula is C23H20ClN5O3. The average molecular weight is 450 g/mol. The number of anilines is 4. The van der Waals surface area contributed by atoms with Crippen LogP contribution < -0.4 is 25.4 Å². The smallest absolute Gasteiger partial charge is 0.323 e. The number of hydrogen-bond acceptors (Lipinski definition) is 6. The van der Waals surface area contributed by atoms with Crippen LogP contribution in [0.15, 0.2) is 67.0 Å². The lowest BCUT2D eigenvalue weighted by molar-refractivity contribution is 0.262. The standard InChI is InChI=1S/C23H20ClN5O3/c1-31-15-10-14(11-16(12-15)32-2)27-22-17-6-5-9-20(21(17)25-13-26-22)29-23(30)28-19-8-4-3-7-18(19)24/h3-13H,1-2H3,(H,25,26,27)(H2,28,29,30). The van der Waals surface area contributed by atoms with Crippen molar-refractivity contribution < 1.29 is 14.3 Å². The lowest BCUT2D eigenvalue weighted by Crippen LogP contribution is -2.20. The van der Waals surface area contributed by atoms with Gasteiger partial charge in [-0.3, -0.25) is 0 Å². The number of aromatic nitrogens is 2. The number of para-hydroxylation sites is 2. The molecule has 3 aromatic carbocycles. The quantitative estimate of drug-likeness (QED) is 0.350. The Morgan fingerprint density at radius 1 is 0.875 bits per heavy atom. The summed E-state index contributed by atoms with van der Waals surface area (Å²) in [6.45, 7) is 0. The lowest BCUT2D eigenvalue weighted by Gasteiger charge is -2.13. The summed E-state index contributed by atoms with van der Waals surface area (Å²) in [6, 6.07) is 17.5. The molecule has 1 heterocycles. The number of carbonyl (C=O) groups is 1. The Bertz CT molecular complexity index is 1260. The monoisotopic (exact) mass is 449 g/mol. The van der Waals surface area contributed by atoms with Gasteiger partial charge in [-0.05, 0) is 24.3 Å². The van der Waals surface area contributed by atoms with Gasteiger partial charge in [0.25, 0.3) is 0 Å². The first kappa shape index (κ1) is 21.2. The van der Waals surface area contributed by atoms with Crippen LogP contribution >= 0.6 is 11.6 Å². The Hall–Kier alpha value is -4.04. The minimum atomic E-state index is -0.434. The fraction of sp³-hybridized carbons (Fsp3) is 0.0870. The van der Waals surface area contributed by atoms with Gasteiger partial charge in [0.2, 0.25) is 0 Å². The largest absolute Gasteiger partial charge is 0.497 e. The molecule has 0 bridgehead atoms. The maximum atomic E-state index is 12.5. The number of rotatable bonds is 6. The predicted octanol–water partition coefficient (Wildman–Crippen LogP) is 5.69. The van der Waals surface area contributed by atoms with Crippen molar-refractivity contribution in [3.05, 3.63) is 72.0 Å². The molecule has 162 valence electrons. The molecular weight excluding hydrogens is 430 g/mol. The summed E-state index contributed by atoms with van der Waals surface area (Å²) < 4.78 is 10.7.